The van der Waals surface area contributed by atoms with Crippen LogP contribution < -0.4 is 20.7 Å². The third-order valence-electron chi connectivity index (χ3n) is 4.81. The van der Waals surface area contributed by atoms with Gasteiger partial charge >= 0.3 is 0 Å². The van der Waals surface area contributed by atoms with Crippen molar-refractivity contribution in [2.24, 2.45) is 4.99 Å². The summed E-state index contributed by atoms with van der Waals surface area (Å²) in [6, 6.07) is 15.4. The zero-order valence-corrected chi connectivity index (χ0v) is 17.6. The molecule has 1 atom stereocenters. The standard InChI is InChI=1S/C23H30N4O3/c1-17-8-9-19(21(14-17)30-20-10-13-29-16-20)15-27-23(24-2)26-12-11-25-22(28)18-6-4-3-5-7-18/h3-9,14,20H,10-13,15-16H2,1-2H3,(H,25,28)(H2,24,26,27). The van der Waals surface area contributed by atoms with Crippen molar-refractivity contribution in [2.75, 3.05) is 33.4 Å². The van der Waals surface area contributed by atoms with Crippen LogP contribution >= 0.6 is 0 Å². The van der Waals surface area contributed by atoms with Crippen molar-refractivity contribution in [3.8, 4) is 5.75 Å². The molecular formula is C23H30N4O3. The van der Waals surface area contributed by atoms with Gasteiger partial charge in [-0.3, -0.25) is 9.79 Å². The van der Waals surface area contributed by atoms with Gasteiger partial charge in [-0.25, -0.2) is 0 Å². The Bertz CT molecular complexity index is 849. The highest BCUT2D eigenvalue weighted by atomic mass is 16.5. The minimum atomic E-state index is -0.0855. The maximum absolute atomic E-state index is 12.1. The highest BCUT2D eigenvalue weighted by Gasteiger charge is 2.18. The van der Waals surface area contributed by atoms with Gasteiger partial charge in [-0.05, 0) is 30.7 Å². The summed E-state index contributed by atoms with van der Waals surface area (Å²) < 4.78 is 11.6. The number of ether oxygens (including phenoxy) is 2. The SMILES string of the molecule is CN=C(NCCNC(=O)c1ccccc1)NCc1ccc(C)cc1OC1CCOC1. The van der Waals surface area contributed by atoms with E-state index >= 15 is 0 Å². The molecule has 30 heavy (non-hydrogen) atoms. The van der Waals surface area contributed by atoms with Gasteiger partial charge in [0.15, 0.2) is 5.96 Å². The lowest BCUT2D eigenvalue weighted by Crippen LogP contribution is -2.41. The van der Waals surface area contributed by atoms with Gasteiger partial charge in [-0.15, -0.1) is 0 Å². The van der Waals surface area contributed by atoms with Gasteiger partial charge in [0.2, 0.25) is 0 Å². The molecule has 0 radical (unpaired) electrons. The molecule has 2 aromatic carbocycles. The van der Waals surface area contributed by atoms with E-state index in [0.29, 0.717) is 37.8 Å². The Hall–Kier alpha value is -3.06. The number of guanidine groups is 1. The zero-order valence-electron chi connectivity index (χ0n) is 17.6. The number of hydrogen-bond donors (Lipinski definition) is 3. The maximum atomic E-state index is 12.1. The van der Waals surface area contributed by atoms with Crippen molar-refractivity contribution >= 4 is 11.9 Å². The van der Waals surface area contributed by atoms with Crippen molar-refractivity contribution in [1.29, 1.82) is 0 Å². The van der Waals surface area contributed by atoms with Crippen molar-refractivity contribution in [1.82, 2.24) is 16.0 Å². The molecule has 0 aliphatic carbocycles. The molecule has 0 spiro atoms. The first kappa shape index (κ1) is 21.6. The fourth-order valence-electron chi connectivity index (χ4n) is 3.15. The first-order valence-electron chi connectivity index (χ1n) is 10.3. The Labute approximate surface area is 177 Å². The fourth-order valence-corrected chi connectivity index (χ4v) is 3.15. The molecule has 0 aromatic heterocycles. The van der Waals surface area contributed by atoms with E-state index in [1.165, 1.54) is 0 Å². The summed E-state index contributed by atoms with van der Waals surface area (Å²) in [5.41, 5.74) is 2.87. The summed E-state index contributed by atoms with van der Waals surface area (Å²) in [5, 5.41) is 9.41. The van der Waals surface area contributed by atoms with Gasteiger partial charge in [0.1, 0.15) is 11.9 Å². The van der Waals surface area contributed by atoms with E-state index in [4.69, 9.17) is 9.47 Å². The fraction of sp³-hybridized carbons (Fsp3) is 0.391. The van der Waals surface area contributed by atoms with E-state index in [9.17, 15) is 4.79 Å². The summed E-state index contributed by atoms with van der Waals surface area (Å²) in [6.45, 7) is 5.09. The normalized spacial score (nSPS) is 16.2. The third kappa shape index (κ3) is 6.49. The second-order valence-electron chi connectivity index (χ2n) is 7.19. The number of aryl methyl sites for hydroxylation is 1. The number of nitrogens with zero attached hydrogens (tertiary/aromatic N) is 1. The molecule has 3 N–H and O–H groups in total. The Morgan fingerprint density at radius 2 is 1.93 bits per heavy atom. The Balaban J connectivity index is 1.45. The smallest absolute Gasteiger partial charge is 0.251 e. The average Bonchev–Trinajstić information content (AvgIpc) is 3.28. The Morgan fingerprint density at radius 1 is 1.13 bits per heavy atom. The predicted octanol–water partition coefficient (Wildman–Crippen LogP) is 2.26. The molecule has 3 rings (SSSR count). The number of nitrogens with one attached hydrogen (secondary N) is 3. The minimum Gasteiger partial charge on any atom is -0.488 e. The van der Waals surface area contributed by atoms with E-state index < -0.39 is 0 Å². The van der Waals surface area contributed by atoms with Gasteiger partial charge in [0, 0.05) is 44.2 Å². The molecule has 1 aliphatic heterocycles. The number of rotatable bonds is 8. The molecule has 160 valence electrons. The van der Waals surface area contributed by atoms with Gasteiger partial charge in [-0.1, -0.05) is 30.3 Å². The number of benzene rings is 2. The first-order valence-corrected chi connectivity index (χ1v) is 10.3. The molecule has 0 saturated carbocycles. The molecule has 1 aliphatic rings. The molecule has 0 bridgehead atoms. The highest BCUT2D eigenvalue weighted by molar-refractivity contribution is 5.94. The molecule has 1 amide bonds. The van der Waals surface area contributed by atoms with Gasteiger partial charge in [-0.2, -0.15) is 0 Å². The lowest BCUT2D eigenvalue weighted by molar-refractivity contribution is 0.0954. The average molecular weight is 411 g/mol. The second kappa shape index (κ2) is 11.2. The molecule has 2 aromatic rings. The largest absolute Gasteiger partial charge is 0.488 e. The van der Waals surface area contributed by atoms with E-state index in [1.807, 2.05) is 18.2 Å². The summed E-state index contributed by atoms with van der Waals surface area (Å²) in [5.74, 6) is 1.46. The number of carbonyl (C=O) groups excluding carboxylic acids is 1. The van der Waals surface area contributed by atoms with Crippen molar-refractivity contribution in [3.05, 3.63) is 65.2 Å². The van der Waals surface area contributed by atoms with E-state index in [2.05, 4.69) is 46.1 Å². The van der Waals surface area contributed by atoms with E-state index in [0.717, 1.165) is 29.9 Å². The molecule has 1 unspecified atom stereocenters. The third-order valence-corrected chi connectivity index (χ3v) is 4.81. The number of carbonyl (C=O) groups is 1. The predicted molar refractivity (Wildman–Crippen MR) is 118 cm³/mol. The van der Waals surface area contributed by atoms with Crippen LogP contribution in [0.15, 0.2) is 53.5 Å². The monoisotopic (exact) mass is 410 g/mol. The van der Waals surface area contributed by atoms with Crippen LogP contribution in [-0.4, -0.2) is 51.3 Å². The van der Waals surface area contributed by atoms with Crippen LogP contribution in [-0.2, 0) is 11.3 Å². The lowest BCUT2D eigenvalue weighted by Gasteiger charge is -2.18. The van der Waals surface area contributed by atoms with E-state index in [1.54, 1.807) is 19.2 Å². The molecule has 1 fully saturated rings. The topological polar surface area (TPSA) is 84.0 Å². The van der Waals surface area contributed by atoms with Crippen LogP contribution in [0.3, 0.4) is 0 Å². The van der Waals surface area contributed by atoms with Crippen LogP contribution in [0.2, 0.25) is 0 Å². The lowest BCUT2D eigenvalue weighted by atomic mass is 10.1. The zero-order chi connectivity index (χ0) is 21.2. The van der Waals surface area contributed by atoms with Crippen LogP contribution in [0.25, 0.3) is 0 Å². The summed E-state index contributed by atoms with van der Waals surface area (Å²) in [7, 11) is 1.72. The van der Waals surface area contributed by atoms with Crippen molar-refractivity contribution in [3.63, 3.8) is 0 Å². The molecule has 1 saturated heterocycles. The second-order valence-corrected chi connectivity index (χ2v) is 7.19. The Morgan fingerprint density at radius 3 is 2.67 bits per heavy atom. The summed E-state index contributed by atoms with van der Waals surface area (Å²) >= 11 is 0. The minimum absolute atomic E-state index is 0.0855. The quantitative estimate of drug-likeness (QED) is 0.353. The van der Waals surface area contributed by atoms with Crippen LogP contribution in [0.5, 0.6) is 5.75 Å². The molecule has 7 heteroatoms. The maximum Gasteiger partial charge on any atom is 0.251 e. The van der Waals surface area contributed by atoms with Crippen LogP contribution in [0.1, 0.15) is 27.9 Å². The van der Waals surface area contributed by atoms with Gasteiger partial charge < -0.3 is 25.4 Å². The Kier molecular flexibility index (Phi) is 8.09. The molecular weight excluding hydrogens is 380 g/mol. The van der Waals surface area contributed by atoms with Crippen LogP contribution in [0, 0.1) is 6.92 Å². The highest BCUT2D eigenvalue weighted by Crippen LogP contribution is 2.23. The van der Waals surface area contributed by atoms with Crippen molar-refractivity contribution in [2.45, 2.75) is 26.0 Å². The van der Waals surface area contributed by atoms with Gasteiger partial charge in [0.25, 0.3) is 5.91 Å². The molecule has 1 heterocycles. The first-order chi connectivity index (χ1) is 14.7. The van der Waals surface area contributed by atoms with Crippen molar-refractivity contribution < 1.29 is 14.3 Å². The summed E-state index contributed by atoms with van der Waals surface area (Å²) in [4.78, 5) is 16.3. The molecule has 7 nitrogen and oxygen atoms in total. The van der Waals surface area contributed by atoms with Crippen LogP contribution in [0.4, 0.5) is 0 Å². The van der Waals surface area contributed by atoms with E-state index in [-0.39, 0.29) is 12.0 Å². The number of aliphatic imine (C=N–C) groups is 1. The summed E-state index contributed by atoms with van der Waals surface area (Å²) in [6.07, 6.45) is 1.02. The number of hydrogen-bond acceptors (Lipinski definition) is 4. The van der Waals surface area contributed by atoms with Gasteiger partial charge in [0.05, 0.1) is 13.2 Å². The number of amides is 1.